The van der Waals surface area contributed by atoms with E-state index in [0.717, 1.165) is 5.75 Å². The normalized spacial score (nSPS) is 13.7. The van der Waals surface area contributed by atoms with Gasteiger partial charge < -0.3 is 10.4 Å². The molecular weight excluding hydrogens is 306 g/mol. The topological polar surface area (TPSA) is 101 Å². The van der Waals surface area contributed by atoms with Crippen LogP contribution in [0.5, 0.6) is 0 Å². The van der Waals surface area contributed by atoms with Gasteiger partial charge in [-0.05, 0) is 12.8 Å². The lowest BCUT2D eigenvalue weighted by atomic mass is 9.82. The molecule has 22 heavy (non-hydrogen) atoms. The van der Waals surface area contributed by atoms with E-state index in [-0.39, 0.29) is 17.7 Å². The van der Waals surface area contributed by atoms with Gasteiger partial charge in [0.05, 0.1) is 5.41 Å². The molecule has 0 saturated heterocycles. The molecule has 8 heteroatoms. The van der Waals surface area contributed by atoms with Gasteiger partial charge >= 0.3 is 5.97 Å². The lowest BCUT2D eigenvalue weighted by Gasteiger charge is -2.26. The van der Waals surface area contributed by atoms with Crippen molar-refractivity contribution in [1.82, 2.24) is 14.9 Å². The molecule has 1 aliphatic heterocycles. The first-order valence-electron chi connectivity index (χ1n) is 7.19. The van der Waals surface area contributed by atoms with E-state index in [2.05, 4.69) is 10.3 Å². The number of hydrogen-bond acceptors (Lipinski definition) is 5. The molecule has 0 unspecified atom stereocenters. The highest BCUT2D eigenvalue weighted by Gasteiger charge is 2.35. The van der Waals surface area contributed by atoms with Crippen LogP contribution in [0.15, 0.2) is 16.1 Å². The van der Waals surface area contributed by atoms with Crippen LogP contribution < -0.4 is 10.9 Å². The second kappa shape index (κ2) is 6.51. The van der Waals surface area contributed by atoms with Crippen molar-refractivity contribution in [1.29, 1.82) is 0 Å². The Kier molecular flexibility index (Phi) is 4.90. The SMILES string of the molecule is CCC(CC)(CNC(=O)c1cnc2n(c1=O)CCS2)C(=O)O. The second-order valence-electron chi connectivity index (χ2n) is 5.23. The molecule has 0 saturated carbocycles. The molecule has 1 amide bonds. The van der Waals surface area contributed by atoms with Crippen molar-refractivity contribution in [2.45, 2.75) is 38.4 Å². The Bertz CT molecular complexity index is 652. The fourth-order valence-electron chi connectivity index (χ4n) is 2.40. The van der Waals surface area contributed by atoms with Crippen LogP contribution in [-0.4, -0.2) is 38.8 Å². The average molecular weight is 325 g/mol. The zero-order valence-electron chi connectivity index (χ0n) is 12.6. The van der Waals surface area contributed by atoms with E-state index in [0.29, 0.717) is 24.5 Å². The average Bonchev–Trinajstić information content (AvgIpc) is 2.98. The van der Waals surface area contributed by atoms with Crippen LogP contribution in [0.3, 0.4) is 0 Å². The number of nitrogens with one attached hydrogen (secondary N) is 1. The monoisotopic (exact) mass is 325 g/mol. The quantitative estimate of drug-likeness (QED) is 0.756. The van der Waals surface area contributed by atoms with Gasteiger partial charge in [0.25, 0.3) is 11.5 Å². The number of thioether (sulfide) groups is 1. The Morgan fingerprint density at radius 1 is 1.45 bits per heavy atom. The van der Waals surface area contributed by atoms with Crippen molar-refractivity contribution in [3.63, 3.8) is 0 Å². The zero-order valence-corrected chi connectivity index (χ0v) is 13.4. The molecule has 0 fully saturated rings. The van der Waals surface area contributed by atoms with Gasteiger partial charge in [-0.3, -0.25) is 19.0 Å². The summed E-state index contributed by atoms with van der Waals surface area (Å²) in [7, 11) is 0. The van der Waals surface area contributed by atoms with Gasteiger partial charge in [0.1, 0.15) is 5.56 Å². The Morgan fingerprint density at radius 3 is 2.73 bits per heavy atom. The van der Waals surface area contributed by atoms with Crippen LogP contribution in [-0.2, 0) is 11.3 Å². The van der Waals surface area contributed by atoms with E-state index in [4.69, 9.17) is 0 Å². The Morgan fingerprint density at radius 2 is 2.14 bits per heavy atom. The molecule has 120 valence electrons. The molecule has 1 aliphatic rings. The standard InChI is InChI=1S/C14H19N3O4S/c1-3-14(4-2,12(20)21)8-16-10(18)9-7-15-13-17(11(9)19)5-6-22-13/h7H,3-6,8H2,1-2H3,(H,16,18)(H,20,21). The third-order valence-electron chi connectivity index (χ3n) is 4.20. The molecule has 0 spiro atoms. The molecule has 2 heterocycles. The van der Waals surface area contributed by atoms with E-state index in [1.807, 2.05) is 0 Å². The number of carbonyl (C=O) groups is 2. The number of amides is 1. The number of carboxylic acid groups (broad SMARTS) is 1. The number of rotatable bonds is 6. The number of carboxylic acids is 1. The van der Waals surface area contributed by atoms with Crippen molar-refractivity contribution in [2.75, 3.05) is 12.3 Å². The van der Waals surface area contributed by atoms with Crippen molar-refractivity contribution >= 4 is 23.6 Å². The largest absolute Gasteiger partial charge is 0.481 e. The van der Waals surface area contributed by atoms with Crippen molar-refractivity contribution in [2.24, 2.45) is 5.41 Å². The molecule has 0 bridgehead atoms. The lowest BCUT2D eigenvalue weighted by molar-refractivity contribution is -0.149. The first-order valence-corrected chi connectivity index (χ1v) is 8.18. The fourth-order valence-corrected chi connectivity index (χ4v) is 3.31. The molecule has 2 N–H and O–H groups in total. The Balaban J connectivity index is 2.17. The second-order valence-corrected chi connectivity index (χ2v) is 6.30. The van der Waals surface area contributed by atoms with E-state index in [1.165, 1.54) is 22.5 Å². The van der Waals surface area contributed by atoms with Gasteiger partial charge in [0.15, 0.2) is 5.16 Å². The van der Waals surface area contributed by atoms with Crippen molar-refractivity contribution in [3.8, 4) is 0 Å². The predicted molar refractivity (Wildman–Crippen MR) is 82.2 cm³/mol. The summed E-state index contributed by atoms with van der Waals surface area (Å²) < 4.78 is 1.48. The van der Waals surface area contributed by atoms with Gasteiger partial charge in [0, 0.05) is 25.0 Å². The lowest BCUT2D eigenvalue weighted by Crippen LogP contribution is -2.44. The molecule has 0 aromatic carbocycles. The van der Waals surface area contributed by atoms with E-state index >= 15 is 0 Å². The number of fused-ring (bicyclic) bond motifs is 1. The first kappa shape index (κ1) is 16.5. The van der Waals surface area contributed by atoms with Gasteiger partial charge in [-0.1, -0.05) is 25.6 Å². The molecule has 1 aromatic rings. The third-order valence-corrected chi connectivity index (χ3v) is 5.17. The number of aromatic nitrogens is 2. The number of hydrogen-bond donors (Lipinski definition) is 2. The molecule has 0 radical (unpaired) electrons. The highest BCUT2D eigenvalue weighted by molar-refractivity contribution is 7.99. The van der Waals surface area contributed by atoms with Gasteiger partial charge in [-0.15, -0.1) is 0 Å². The summed E-state index contributed by atoms with van der Waals surface area (Å²) in [4.78, 5) is 40.0. The van der Waals surface area contributed by atoms with Crippen LogP contribution in [0.2, 0.25) is 0 Å². The third kappa shape index (κ3) is 2.87. The summed E-state index contributed by atoms with van der Waals surface area (Å²) in [6.45, 7) is 4.07. The molecule has 2 rings (SSSR count). The molecule has 0 aliphatic carbocycles. The summed E-state index contributed by atoms with van der Waals surface area (Å²) in [5.74, 6) is -0.753. The summed E-state index contributed by atoms with van der Waals surface area (Å²) >= 11 is 1.47. The maximum Gasteiger partial charge on any atom is 0.311 e. The first-order chi connectivity index (χ1) is 10.4. The maximum absolute atomic E-state index is 12.2. The zero-order chi connectivity index (χ0) is 16.3. The van der Waals surface area contributed by atoms with Gasteiger partial charge in [0.2, 0.25) is 0 Å². The number of aliphatic carboxylic acids is 1. The summed E-state index contributed by atoms with van der Waals surface area (Å²) in [6, 6.07) is 0. The summed E-state index contributed by atoms with van der Waals surface area (Å²) in [6.07, 6.45) is 2.07. The van der Waals surface area contributed by atoms with Crippen molar-refractivity contribution in [3.05, 3.63) is 22.1 Å². The predicted octanol–water partition coefficient (Wildman–Crippen LogP) is 0.970. The van der Waals surface area contributed by atoms with Gasteiger partial charge in [-0.2, -0.15) is 0 Å². The van der Waals surface area contributed by atoms with E-state index in [1.54, 1.807) is 13.8 Å². The van der Waals surface area contributed by atoms with E-state index < -0.39 is 17.3 Å². The number of carbonyl (C=O) groups excluding carboxylic acids is 1. The highest BCUT2D eigenvalue weighted by atomic mass is 32.2. The van der Waals surface area contributed by atoms with Crippen LogP contribution in [0.4, 0.5) is 0 Å². The minimum atomic E-state index is -1.01. The highest BCUT2D eigenvalue weighted by Crippen LogP contribution is 2.26. The van der Waals surface area contributed by atoms with Gasteiger partial charge in [-0.25, -0.2) is 4.98 Å². The van der Waals surface area contributed by atoms with Crippen LogP contribution >= 0.6 is 11.8 Å². The van der Waals surface area contributed by atoms with Crippen LogP contribution in [0.25, 0.3) is 0 Å². The molecule has 1 aromatic heterocycles. The molecule has 7 nitrogen and oxygen atoms in total. The molecular formula is C14H19N3O4S. The Labute approximate surface area is 132 Å². The van der Waals surface area contributed by atoms with Crippen LogP contribution in [0, 0.1) is 5.41 Å². The minimum absolute atomic E-state index is 0.00981. The summed E-state index contributed by atoms with van der Waals surface area (Å²) in [5, 5.41) is 12.5. The van der Waals surface area contributed by atoms with Crippen molar-refractivity contribution < 1.29 is 14.7 Å². The van der Waals surface area contributed by atoms with E-state index in [9.17, 15) is 19.5 Å². The number of nitrogens with zero attached hydrogens (tertiary/aromatic N) is 2. The molecule has 0 atom stereocenters. The smallest absolute Gasteiger partial charge is 0.311 e. The minimum Gasteiger partial charge on any atom is -0.481 e. The fraction of sp³-hybridized carbons (Fsp3) is 0.571. The summed E-state index contributed by atoms with van der Waals surface area (Å²) in [5.41, 5.74) is -1.43. The maximum atomic E-state index is 12.2. The Hall–Kier alpha value is -1.83. The van der Waals surface area contributed by atoms with Crippen LogP contribution in [0.1, 0.15) is 37.0 Å².